The lowest BCUT2D eigenvalue weighted by atomic mass is 10.5. The van der Waals surface area contributed by atoms with E-state index in [-0.39, 0.29) is 11.2 Å². The maximum Gasteiger partial charge on any atom is 0.197 e. The van der Waals surface area contributed by atoms with E-state index in [4.69, 9.17) is 4.43 Å². The molecule has 0 atom stereocenters. The van der Waals surface area contributed by atoms with Crippen molar-refractivity contribution in [1.82, 2.24) is 0 Å². The first-order valence-electron chi connectivity index (χ1n) is 4.15. The van der Waals surface area contributed by atoms with E-state index in [2.05, 4.69) is 13.1 Å². The molecule has 4 heteroatoms. The highest BCUT2D eigenvalue weighted by molar-refractivity contribution is 8.14. The summed E-state index contributed by atoms with van der Waals surface area (Å²) >= 11 is 1.38. The van der Waals surface area contributed by atoms with Crippen LogP contribution in [-0.4, -0.2) is 24.9 Å². The molecule has 0 radical (unpaired) electrons. The maximum absolute atomic E-state index is 10.7. The van der Waals surface area contributed by atoms with Crippen molar-refractivity contribution in [3.05, 3.63) is 0 Å². The van der Waals surface area contributed by atoms with Crippen LogP contribution in [-0.2, 0) is 9.22 Å². The molecule has 0 rings (SSSR count). The zero-order valence-electron chi connectivity index (χ0n) is 8.51. The van der Waals surface area contributed by atoms with Gasteiger partial charge in [0, 0.05) is 18.4 Å². The van der Waals surface area contributed by atoms with E-state index >= 15 is 0 Å². The molecule has 0 saturated carbocycles. The first-order chi connectivity index (χ1) is 5.33. The highest BCUT2D eigenvalue weighted by Crippen LogP contribution is 2.15. The molecule has 0 fully saturated rings. The Morgan fingerprint density at radius 1 is 1.50 bits per heavy atom. The van der Waals surface area contributed by atoms with Crippen molar-refractivity contribution in [1.29, 1.82) is 0 Å². The molecule has 0 amide bonds. The molecule has 0 aromatic carbocycles. The normalized spacial score (nSPS) is 12.2. The summed E-state index contributed by atoms with van der Waals surface area (Å²) < 4.78 is 5.75. The predicted molar refractivity (Wildman–Crippen MR) is 56.8 cm³/mol. The molecule has 72 valence electrons. The molecule has 0 saturated heterocycles. The molecule has 0 N–H and O–H groups in total. The van der Waals surface area contributed by atoms with Gasteiger partial charge in [-0.25, -0.2) is 0 Å². The zero-order chi connectivity index (χ0) is 9.78. The zero-order valence-corrected chi connectivity index (χ0v) is 10.3. The summed E-state index contributed by atoms with van der Waals surface area (Å²) in [5.74, 6) is 0. The maximum atomic E-state index is 10.7. The van der Waals surface area contributed by atoms with Crippen LogP contribution in [0.2, 0.25) is 13.1 Å². The number of carbonyl (C=O) groups excluding carboxylic acids is 1. The summed E-state index contributed by atoms with van der Waals surface area (Å²) in [6.45, 7) is 9.96. The lowest BCUT2D eigenvalue weighted by Crippen LogP contribution is -2.37. The molecular weight excluding hydrogens is 188 g/mol. The van der Waals surface area contributed by atoms with Crippen LogP contribution in [0, 0.1) is 0 Å². The molecule has 0 aliphatic heterocycles. The van der Waals surface area contributed by atoms with Gasteiger partial charge in [-0.2, -0.15) is 0 Å². The van der Waals surface area contributed by atoms with Gasteiger partial charge in [-0.05, 0) is 26.9 Å². The molecule has 0 aliphatic carbocycles. The summed E-state index contributed by atoms with van der Waals surface area (Å²) in [4.78, 5) is 10.7. The van der Waals surface area contributed by atoms with Crippen LogP contribution in [0.15, 0.2) is 0 Å². The largest absolute Gasteiger partial charge is 0.414 e. The fraction of sp³-hybridized carbons (Fsp3) is 0.875. The minimum Gasteiger partial charge on any atom is -0.414 e. The number of thioether (sulfide) groups is 1. The van der Waals surface area contributed by atoms with Gasteiger partial charge >= 0.3 is 0 Å². The minimum absolute atomic E-state index is 0.183. The van der Waals surface area contributed by atoms with Crippen molar-refractivity contribution in [3.63, 3.8) is 0 Å². The summed E-state index contributed by atoms with van der Waals surface area (Å²) in [6.07, 6.45) is 0.277. The number of hydrogen-bond donors (Lipinski definition) is 0. The fourth-order valence-electron chi connectivity index (χ4n) is 0.948. The van der Waals surface area contributed by atoms with Crippen molar-refractivity contribution >= 4 is 25.2 Å². The second-order valence-electron chi connectivity index (χ2n) is 3.71. The number of hydrogen-bond acceptors (Lipinski definition) is 3. The Hall–Kier alpha value is 0.197. The van der Waals surface area contributed by atoms with Gasteiger partial charge in [-0.15, -0.1) is 0 Å². The number of carbonyl (C=O) groups is 1. The van der Waals surface area contributed by atoms with E-state index in [1.54, 1.807) is 6.92 Å². The average molecular weight is 206 g/mol. The summed E-state index contributed by atoms with van der Waals surface area (Å²) in [7, 11) is -1.59. The van der Waals surface area contributed by atoms with Gasteiger partial charge in [-0.3, -0.25) is 4.79 Å². The Morgan fingerprint density at radius 2 is 2.00 bits per heavy atom. The van der Waals surface area contributed by atoms with Crippen LogP contribution in [0.1, 0.15) is 20.8 Å². The van der Waals surface area contributed by atoms with Crippen LogP contribution in [0.5, 0.6) is 0 Å². The van der Waals surface area contributed by atoms with Gasteiger partial charge in [0.1, 0.15) is 0 Å². The van der Waals surface area contributed by atoms with Gasteiger partial charge in [0.2, 0.25) is 0 Å². The molecule has 0 aromatic heterocycles. The fourth-order valence-corrected chi connectivity index (χ4v) is 4.70. The standard InChI is InChI=1S/C8H18O2SSi/c1-7(2)10-12(4,5)6-11-8(3)9/h7H,6H2,1-5H3. The van der Waals surface area contributed by atoms with Crippen LogP contribution in [0.3, 0.4) is 0 Å². The topological polar surface area (TPSA) is 26.3 Å². The minimum atomic E-state index is -1.59. The average Bonchev–Trinajstić information content (AvgIpc) is 1.81. The monoisotopic (exact) mass is 206 g/mol. The van der Waals surface area contributed by atoms with Crippen molar-refractivity contribution in [2.45, 2.75) is 40.0 Å². The van der Waals surface area contributed by atoms with E-state index in [1.165, 1.54) is 11.8 Å². The van der Waals surface area contributed by atoms with Gasteiger partial charge in [0.15, 0.2) is 13.4 Å². The Balaban J connectivity index is 3.78. The molecule has 2 nitrogen and oxygen atoms in total. The third-order valence-electron chi connectivity index (χ3n) is 1.18. The molecule has 12 heavy (non-hydrogen) atoms. The van der Waals surface area contributed by atoms with Gasteiger partial charge in [0.05, 0.1) is 0 Å². The summed E-state index contributed by atoms with van der Waals surface area (Å²) in [5.41, 5.74) is 0. The molecule has 0 heterocycles. The van der Waals surface area contributed by atoms with Crippen molar-refractivity contribution < 1.29 is 9.22 Å². The van der Waals surface area contributed by atoms with Crippen LogP contribution < -0.4 is 0 Å². The SMILES string of the molecule is CC(=O)SC[Si](C)(C)OC(C)C. The second-order valence-corrected chi connectivity index (χ2v) is 9.48. The van der Waals surface area contributed by atoms with Gasteiger partial charge in [-0.1, -0.05) is 11.8 Å². The molecule has 0 unspecified atom stereocenters. The lowest BCUT2D eigenvalue weighted by molar-refractivity contribution is -0.109. The number of rotatable bonds is 4. The van der Waals surface area contributed by atoms with E-state index < -0.39 is 8.32 Å². The quantitative estimate of drug-likeness (QED) is 0.661. The lowest BCUT2D eigenvalue weighted by Gasteiger charge is -2.24. The van der Waals surface area contributed by atoms with Crippen molar-refractivity contribution in [2.24, 2.45) is 0 Å². The van der Waals surface area contributed by atoms with Gasteiger partial charge < -0.3 is 4.43 Å². The van der Waals surface area contributed by atoms with E-state index in [0.717, 1.165) is 5.38 Å². The molecular formula is C8H18O2SSi. The first kappa shape index (κ1) is 12.2. The molecule has 0 spiro atoms. The van der Waals surface area contributed by atoms with E-state index in [9.17, 15) is 4.79 Å². The van der Waals surface area contributed by atoms with Gasteiger partial charge in [0.25, 0.3) is 0 Å². The van der Waals surface area contributed by atoms with Crippen LogP contribution >= 0.6 is 11.8 Å². The smallest absolute Gasteiger partial charge is 0.197 e. The van der Waals surface area contributed by atoms with E-state index in [0.29, 0.717) is 0 Å². The van der Waals surface area contributed by atoms with Crippen molar-refractivity contribution in [3.8, 4) is 0 Å². The Morgan fingerprint density at radius 3 is 2.33 bits per heavy atom. The molecule has 0 bridgehead atoms. The Labute approximate surface area is 80.2 Å². The summed E-state index contributed by atoms with van der Waals surface area (Å²) in [5, 5.41) is 1.04. The van der Waals surface area contributed by atoms with Crippen LogP contribution in [0.25, 0.3) is 0 Å². The highest BCUT2D eigenvalue weighted by atomic mass is 32.2. The second kappa shape index (κ2) is 5.04. The van der Waals surface area contributed by atoms with E-state index in [1.807, 2.05) is 13.8 Å². The first-order valence-corrected chi connectivity index (χ1v) is 8.25. The molecule has 0 aliphatic rings. The Bertz CT molecular complexity index is 157. The van der Waals surface area contributed by atoms with Crippen molar-refractivity contribution in [2.75, 3.05) is 5.38 Å². The summed E-state index contributed by atoms with van der Waals surface area (Å²) in [6, 6.07) is 0. The Kier molecular flexibility index (Phi) is 5.12. The third kappa shape index (κ3) is 6.88. The third-order valence-corrected chi connectivity index (χ3v) is 6.05. The highest BCUT2D eigenvalue weighted by Gasteiger charge is 2.24. The predicted octanol–water partition coefficient (Wildman–Crippen LogP) is 2.44. The van der Waals surface area contributed by atoms with Crippen LogP contribution in [0.4, 0.5) is 0 Å². The molecule has 0 aromatic rings.